The molecule has 1 heterocycles. The first kappa shape index (κ1) is 14.6. The van der Waals surface area contributed by atoms with E-state index in [4.69, 9.17) is 5.73 Å². The molecular formula is C14H19N3O2S. The monoisotopic (exact) mass is 293 g/mol. The fraction of sp³-hybridized carbons (Fsp3) is 0.357. The first-order valence-corrected chi connectivity index (χ1v) is 8.20. The summed E-state index contributed by atoms with van der Waals surface area (Å²) < 4.78 is 25.6. The number of nitrogens with two attached hydrogens (primary N) is 1. The lowest BCUT2D eigenvalue weighted by molar-refractivity contribution is 0.580. The average molecular weight is 293 g/mol. The highest BCUT2D eigenvalue weighted by molar-refractivity contribution is 7.91. The van der Waals surface area contributed by atoms with E-state index < -0.39 is 9.84 Å². The van der Waals surface area contributed by atoms with Crippen LogP contribution >= 0.6 is 0 Å². The van der Waals surface area contributed by atoms with Crippen LogP contribution < -0.4 is 5.73 Å². The van der Waals surface area contributed by atoms with Crippen molar-refractivity contribution in [3.8, 4) is 11.4 Å². The predicted molar refractivity (Wildman–Crippen MR) is 81.0 cm³/mol. The third-order valence-electron chi connectivity index (χ3n) is 3.22. The molecule has 0 saturated heterocycles. The first-order valence-electron chi connectivity index (χ1n) is 6.49. The molecule has 0 aliphatic heterocycles. The van der Waals surface area contributed by atoms with Gasteiger partial charge in [-0.15, -0.1) is 0 Å². The minimum atomic E-state index is -3.05. The number of aryl methyl sites for hydroxylation is 1. The summed E-state index contributed by atoms with van der Waals surface area (Å²) in [5, 5.41) is -0.356. The van der Waals surface area contributed by atoms with Crippen molar-refractivity contribution in [3.63, 3.8) is 0 Å². The summed E-state index contributed by atoms with van der Waals surface area (Å²) in [6.45, 7) is 3.80. The van der Waals surface area contributed by atoms with E-state index in [2.05, 4.69) is 4.98 Å². The highest BCUT2D eigenvalue weighted by atomic mass is 32.2. The van der Waals surface area contributed by atoms with E-state index in [1.54, 1.807) is 38.4 Å². The molecule has 2 N–H and O–H groups in total. The lowest BCUT2D eigenvalue weighted by Crippen LogP contribution is -2.21. The van der Waals surface area contributed by atoms with Crippen molar-refractivity contribution in [2.45, 2.75) is 25.6 Å². The van der Waals surface area contributed by atoms with E-state index in [1.807, 2.05) is 16.7 Å². The van der Waals surface area contributed by atoms with E-state index >= 15 is 0 Å². The summed E-state index contributed by atoms with van der Waals surface area (Å²) in [5.74, 6) is 0.868. The summed E-state index contributed by atoms with van der Waals surface area (Å²) in [4.78, 5) is 4.29. The topological polar surface area (TPSA) is 78.0 Å². The number of nitrogen functional groups attached to an aromatic ring is 1. The normalized spacial score (nSPS) is 11.9. The minimum Gasteiger partial charge on any atom is -0.399 e. The van der Waals surface area contributed by atoms with E-state index in [0.717, 1.165) is 11.4 Å². The van der Waals surface area contributed by atoms with E-state index in [-0.39, 0.29) is 11.0 Å². The lowest BCUT2D eigenvalue weighted by Gasteiger charge is -2.10. The molecule has 1 aromatic heterocycles. The van der Waals surface area contributed by atoms with Gasteiger partial charge in [0.2, 0.25) is 0 Å². The van der Waals surface area contributed by atoms with Gasteiger partial charge in [-0.2, -0.15) is 0 Å². The Labute approximate surface area is 119 Å². The molecule has 0 atom stereocenters. The first-order chi connectivity index (χ1) is 9.40. The Morgan fingerprint density at radius 3 is 2.50 bits per heavy atom. The molecule has 2 rings (SSSR count). The number of benzene rings is 1. The molecule has 1 aromatic carbocycles. The molecule has 5 nitrogen and oxygen atoms in total. The second-order valence-electron chi connectivity index (χ2n) is 4.98. The van der Waals surface area contributed by atoms with Crippen molar-refractivity contribution in [1.29, 1.82) is 0 Å². The molecule has 0 spiro atoms. The zero-order chi connectivity index (χ0) is 14.8. The molecule has 108 valence electrons. The number of hydrogen-bond acceptors (Lipinski definition) is 4. The smallest absolute Gasteiger partial charge is 0.154 e. The largest absolute Gasteiger partial charge is 0.399 e. The molecule has 0 radical (unpaired) electrons. The van der Waals surface area contributed by atoms with Gasteiger partial charge in [-0.05, 0) is 38.1 Å². The van der Waals surface area contributed by atoms with Gasteiger partial charge in [-0.1, -0.05) is 0 Å². The van der Waals surface area contributed by atoms with Crippen LogP contribution in [0.15, 0.2) is 36.7 Å². The van der Waals surface area contributed by atoms with Crippen LogP contribution in [0.25, 0.3) is 11.4 Å². The molecule has 20 heavy (non-hydrogen) atoms. The van der Waals surface area contributed by atoms with Crippen molar-refractivity contribution < 1.29 is 8.42 Å². The van der Waals surface area contributed by atoms with Crippen LogP contribution in [0.1, 0.15) is 13.8 Å². The Morgan fingerprint density at radius 1 is 1.25 bits per heavy atom. The van der Waals surface area contributed by atoms with Gasteiger partial charge in [0.1, 0.15) is 5.82 Å². The number of aromatic nitrogens is 2. The maximum absolute atomic E-state index is 11.9. The van der Waals surface area contributed by atoms with Crippen molar-refractivity contribution >= 4 is 15.5 Å². The van der Waals surface area contributed by atoms with Crippen molar-refractivity contribution in [1.82, 2.24) is 9.55 Å². The third-order valence-corrected chi connectivity index (χ3v) is 5.41. The zero-order valence-corrected chi connectivity index (χ0v) is 12.5. The highest BCUT2D eigenvalue weighted by Crippen LogP contribution is 2.19. The van der Waals surface area contributed by atoms with E-state index in [0.29, 0.717) is 12.2 Å². The maximum atomic E-state index is 11.9. The third kappa shape index (κ3) is 3.19. The van der Waals surface area contributed by atoms with Gasteiger partial charge in [0.25, 0.3) is 0 Å². The second kappa shape index (κ2) is 5.66. The minimum absolute atomic E-state index is 0.114. The maximum Gasteiger partial charge on any atom is 0.154 e. The number of rotatable bonds is 5. The molecule has 0 bridgehead atoms. The lowest BCUT2D eigenvalue weighted by atomic mass is 10.2. The van der Waals surface area contributed by atoms with Crippen LogP contribution in [0.4, 0.5) is 5.69 Å². The van der Waals surface area contributed by atoms with Crippen molar-refractivity contribution in [3.05, 3.63) is 36.7 Å². The molecule has 0 aliphatic rings. The number of hydrogen-bond donors (Lipinski definition) is 1. The van der Waals surface area contributed by atoms with Crippen molar-refractivity contribution in [2.75, 3.05) is 11.5 Å². The average Bonchev–Trinajstić information content (AvgIpc) is 2.85. The quantitative estimate of drug-likeness (QED) is 0.855. The summed E-state index contributed by atoms with van der Waals surface area (Å²) in [6.07, 6.45) is 3.47. The Kier molecular flexibility index (Phi) is 4.13. The molecule has 0 fully saturated rings. The molecule has 6 heteroatoms. The fourth-order valence-electron chi connectivity index (χ4n) is 1.84. The molecule has 0 aliphatic carbocycles. The van der Waals surface area contributed by atoms with Crippen LogP contribution in [-0.2, 0) is 16.4 Å². The Morgan fingerprint density at radius 2 is 1.90 bits per heavy atom. The number of imidazole rings is 1. The number of nitrogens with zero attached hydrogens (tertiary/aromatic N) is 2. The Hall–Kier alpha value is -1.82. The van der Waals surface area contributed by atoms with Crippen LogP contribution in [0.5, 0.6) is 0 Å². The van der Waals surface area contributed by atoms with Crippen LogP contribution in [0.3, 0.4) is 0 Å². The van der Waals surface area contributed by atoms with Gasteiger partial charge in [0, 0.05) is 30.2 Å². The highest BCUT2D eigenvalue weighted by Gasteiger charge is 2.16. The standard InChI is InChI=1S/C14H19N3O2S/c1-11(2)20(18,19)10-9-17-8-7-16-14(17)12-3-5-13(15)6-4-12/h3-8,11H,9-10,15H2,1-2H3. The predicted octanol–water partition coefficient (Wildman–Crippen LogP) is 1.96. The number of sulfone groups is 1. The van der Waals surface area contributed by atoms with Gasteiger partial charge in [-0.3, -0.25) is 0 Å². The molecule has 0 unspecified atom stereocenters. The van der Waals surface area contributed by atoms with Gasteiger partial charge in [-0.25, -0.2) is 13.4 Å². The second-order valence-corrected chi connectivity index (χ2v) is 7.66. The van der Waals surface area contributed by atoms with E-state index in [9.17, 15) is 8.42 Å². The van der Waals surface area contributed by atoms with Crippen LogP contribution in [-0.4, -0.2) is 29.0 Å². The molecule has 0 saturated carbocycles. The van der Waals surface area contributed by atoms with Gasteiger partial charge < -0.3 is 10.3 Å². The van der Waals surface area contributed by atoms with Crippen LogP contribution in [0, 0.1) is 0 Å². The molecule has 2 aromatic rings. The zero-order valence-electron chi connectivity index (χ0n) is 11.7. The van der Waals surface area contributed by atoms with Gasteiger partial charge in [0.15, 0.2) is 9.84 Å². The summed E-state index contributed by atoms with van der Waals surface area (Å²) >= 11 is 0. The summed E-state index contributed by atoms with van der Waals surface area (Å²) in [5.41, 5.74) is 7.27. The fourth-order valence-corrected chi connectivity index (χ4v) is 2.77. The molecule has 0 amide bonds. The van der Waals surface area contributed by atoms with E-state index in [1.165, 1.54) is 0 Å². The summed E-state index contributed by atoms with van der Waals surface area (Å²) in [7, 11) is -3.05. The Bertz CT molecular complexity index is 673. The van der Waals surface area contributed by atoms with Crippen LogP contribution in [0.2, 0.25) is 0 Å². The van der Waals surface area contributed by atoms with Crippen molar-refractivity contribution in [2.24, 2.45) is 0 Å². The summed E-state index contributed by atoms with van der Waals surface area (Å²) in [6, 6.07) is 7.37. The van der Waals surface area contributed by atoms with Gasteiger partial charge >= 0.3 is 0 Å². The van der Waals surface area contributed by atoms with Gasteiger partial charge in [0.05, 0.1) is 11.0 Å². The Balaban J connectivity index is 2.19. The molecular weight excluding hydrogens is 274 g/mol. The number of anilines is 1. The SMILES string of the molecule is CC(C)S(=O)(=O)CCn1ccnc1-c1ccc(N)cc1.